The maximum Gasteiger partial charge on any atom is 0.223 e. The van der Waals surface area contributed by atoms with Gasteiger partial charge in [0.2, 0.25) is 11.9 Å². The highest BCUT2D eigenvalue weighted by Crippen LogP contribution is 2.36. The minimum absolute atomic E-state index is 0.0193. The van der Waals surface area contributed by atoms with Crippen molar-refractivity contribution in [3.8, 4) is 11.4 Å². The van der Waals surface area contributed by atoms with E-state index in [4.69, 9.17) is 49.3 Å². The molecule has 2 saturated heterocycles. The minimum atomic E-state index is -0.0193. The average molecular weight is 524 g/mol. The number of amides is 1. The Bertz CT molecular complexity index is 1220. The van der Waals surface area contributed by atoms with E-state index in [2.05, 4.69) is 10.2 Å². The second-order valence-corrected chi connectivity index (χ2v) is 9.87. The van der Waals surface area contributed by atoms with Crippen molar-refractivity contribution in [2.24, 2.45) is 5.92 Å². The second kappa shape index (κ2) is 9.82. The summed E-state index contributed by atoms with van der Waals surface area (Å²) < 4.78 is 12.8. The van der Waals surface area contributed by atoms with Gasteiger partial charge in [-0.3, -0.25) is 9.36 Å². The van der Waals surface area contributed by atoms with Gasteiger partial charge < -0.3 is 19.7 Å². The van der Waals surface area contributed by atoms with Gasteiger partial charge in [-0.15, -0.1) is 0 Å². The summed E-state index contributed by atoms with van der Waals surface area (Å²) in [5.74, 6) is 1.43. The number of carbonyl (C=O) groups is 1. The van der Waals surface area contributed by atoms with E-state index in [1.807, 2.05) is 22.8 Å². The van der Waals surface area contributed by atoms with Crippen LogP contribution in [0, 0.1) is 5.92 Å². The lowest BCUT2D eigenvalue weighted by molar-refractivity contribution is -0.126. The highest BCUT2D eigenvalue weighted by molar-refractivity contribution is 6.42. The van der Waals surface area contributed by atoms with Gasteiger partial charge in [0.15, 0.2) is 0 Å². The van der Waals surface area contributed by atoms with E-state index in [1.165, 1.54) is 0 Å². The first kappa shape index (κ1) is 23.5. The molecule has 10 heteroatoms. The number of carbonyl (C=O) groups excluding carboxylic acids is 1. The number of anilines is 1. The molecular formula is C24H25Cl3N4O3. The molecule has 2 aliphatic heterocycles. The summed E-state index contributed by atoms with van der Waals surface area (Å²) in [5.41, 5.74) is 2.41. The van der Waals surface area contributed by atoms with Crippen molar-refractivity contribution in [2.75, 3.05) is 38.3 Å². The Morgan fingerprint density at radius 1 is 1.09 bits per heavy atom. The van der Waals surface area contributed by atoms with Crippen LogP contribution in [0.25, 0.3) is 16.7 Å². The van der Waals surface area contributed by atoms with Gasteiger partial charge in [0.25, 0.3) is 0 Å². The zero-order valence-corrected chi connectivity index (χ0v) is 21.0. The van der Waals surface area contributed by atoms with Crippen molar-refractivity contribution in [1.29, 1.82) is 0 Å². The van der Waals surface area contributed by atoms with Gasteiger partial charge in [0.05, 0.1) is 51.5 Å². The van der Waals surface area contributed by atoms with Gasteiger partial charge >= 0.3 is 0 Å². The summed E-state index contributed by atoms with van der Waals surface area (Å²) in [7, 11) is 1.59. The summed E-state index contributed by atoms with van der Waals surface area (Å²) in [5, 5.41) is 4.56. The molecule has 180 valence electrons. The molecule has 0 bridgehead atoms. The van der Waals surface area contributed by atoms with Crippen molar-refractivity contribution in [1.82, 2.24) is 14.9 Å². The molecule has 0 unspecified atom stereocenters. The molecule has 1 aromatic heterocycles. The smallest absolute Gasteiger partial charge is 0.223 e. The second-order valence-electron chi connectivity index (χ2n) is 8.65. The number of nitrogens with zero attached hydrogens (tertiary/aromatic N) is 3. The van der Waals surface area contributed by atoms with Crippen LogP contribution in [-0.2, 0) is 9.53 Å². The van der Waals surface area contributed by atoms with E-state index in [1.54, 1.807) is 19.2 Å². The van der Waals surface area contributed by atoms with Crippen LogP contribution in [0.3, 0.4) is 0 Å². The molecule has 0 spiro atoms. The quantitative estimate of drug-likeness (QED) is 0.503. The van der Waals surface area contributed by atoms with Crippen LogP contribution in [0.5, 0.6) is 5.75 Å². The molecule has 0 radical (unpaired) electrons. The van der Waals surface area contributed by atoms with E-state index < -0.39 is 0 Å². The van der Waals surface area contributed by atoms with E-state index >= 15 is 0 Å². The Morgan fingerprint density at radius 2 is 1.85 bits per heavy atom. The normalized spacial score (nSPS) is 19.1. The molecule has 5 rings (SSSR count). The van der Waals surface area contributed by atoms with Crippen molar-refractivity contribution in [2.45, 2.75) is 25.3 Å². The fraction of sp³-hybridized carbons (Fsp3) is 0.417. The summed E-state index contributed by atoms with van der Waals surface area (Å²) >= 11 is 18.9. The Morgan fingerprint density at radius 3 is 2.56 bits per heavy atom. The molecule has 7 nitrogen and oxygen atoms in total. The van der Waals surface area contributed by atoms with Crippen LogP contribution < -0.4 is 15.0 Å². The van der Waals surface area contributed by atoms with Gasteiger partial charge in [-0.25, -0.2) is 4.98 Å². The topological polar surface area (TPSA) is 68.6 Å². The van der Waals surface area contributed by atoms with Crippen molar-refractivity contribution >= 4 is 57.7 Å². The number of halogens is 3. The van der Waals surface area contributed by atoms with Gasteiger partial charge in [-0.05, 0) is 43.5 Å². The Kier molecular flexibility index (Phi) is 6.80. The SMILES string of the molecule is COc1cc(-n2c(N3CCC(C(=O)N[C@@H]4CCOC4)CC3)nc3cc(Cl)c(Cl)cc32)ccc1Cl. The number of fused-ring (bicyclic) bond motifs is 1. The molecule has 0 aliphatic carbocycles. The van der Waals surface area contributed by atoms with E-state index in [9.17, 15) is 4.79 Å². The first-order chi connectivity index (χ1) is 16.4. The third kappa shape index (κ3) is 4.54. The largest absolute Gasteiger partial charge is 0.495 e. The van der Waals surface area contributed by atoms with Crippen LogP contribution in [-0.4, -0.2) is 54.9 Å². The van der Waals surface area contributed by atoms with E-state index in [0.29, 0.717) is 47.1 Å². The fourth-order valence-corrected chi connectivity index (χ4v) is 5.13. The molecule has 1 amide bonds. The highest BCUT2D eigenvalue weighted by Gasteiger charge is 2.30. The molecule has 0 saturated carbocycles. The highest BCUT2D eigenvalue weighted by atomic mass is 35.5. The zero-order valence-electron chi connectivity index (χ0n) is 18.7. The lowest BCUT2D eigenvalue weighted by Gasteiger charge is -2.33. The van der Waals surface area contributed by atoms with Gasteiger partial charge in [0, 0.05) is 31.7 Å². The number of methoxy groups -OCH3 is 1. The number of hydrogen-bond donors (Lipinski definition) is 1. The predicted molar refractivity (Wildman–Crippen MR) is 135 cm³/mol. The van der Waals surface area contributed by atoms with Crippen LogP contribution >= 0.6 is 34.8 Å². The number of aromatic nitrogens is 2. The standard InChI is InChI=1S/C24H25Cl3N4O3/c1-33-22-10-16(2-3-17(22)25)31-21-12-19(27)18(26)11-20(21)29-24(31)30-7-4-14(5-8-30)23(32)28-15-6-9-34-13-15/h2-3,10-12,14-15H,4-9,13H2,1H3,(H,28,32)/t15-/m1/s1. The lowest BCUT2D eigenvalue weighted by Crippen LogP contribution is -2.44. The zero-order chi connectivity index (χ0) is 23.8. The van der Waals surface area contributed by atoms with Crippen molar-refractivity contribution < 1.29 is 14.3 Å². The minimum Gasteiger partial charge on any atom is -0.495 e. The van der Waals surface area contributed by atoms with Crippen LogP contribution in [0.2, 0.25) is 15.1 Å². The number of imidazole rings is 1. The number of piperidine rings is 1. The summed E-state index contributed by atoms with van der Waals surface area (Å²) in [6.45, 7) is 2.72. The monoisotopic (exact) mass is 522 g/mol. The third-order valence-corrected chi connectivity index (χ3v) is 7.53. The van der Waals surface area contributed by atoms with Crippen molar-refractivity contribution in [3.63, 3.8) is 0 Å². The average Bonchev–Trinajstić information content (AvgIpc) is 3.48. The number of nitrogens with one attached hydrogen (secondary N) is 1. The van der Waals surface area contributed by atoms with Crippen LogP contribution in [0.15, 0.2) is 30.3 Å². The first-order valence-electron chi connectivity index (χ1n) is 11.3. The van der Waals surface area contributed by atoms with Crippen molar-refractivity contribution in [3.05, 3.63) is 45.4 Å². The Hall–Kier alpha value is -2.19. The number of benzene rings is 2. The fourth-order valence-electron chi connectivity index (χ4n) is 4.62. The van der Waals surface area contributed by atoms with Gasteiger partial charge in [0.1, 0.15) is 5.75 Å². The van der Waals surface area contributed by atoms with E-state index in [0.717, 1.165) is 41.9 Å². The molecule has 3 aromatic rings. The van der Waals surface area contributed by atoms with Crippen LogP contribution in [0.1, 0.15) is 19.3 Å². The summed E-state index contributed by atoms with van der Waals surface area (Å²) in [6.07, 6.45) is 2.37. The molecule has 34 heavy (non-hydrogen) atoms. The Labute approximate surface area is 212 Å². The molecule has 2 fully saturated rings. The number of hydrogen-bond acceptors (Lipinski definition) is 5. The molecule has 1 N–H and O–H groups in total. The Balaban J connectivity index is 1.45. The molecular weight excluding hydrogens is 499 g/mol. The first-order valence-corrected chi connectivity index (χ1v) is 12.4. The van der Waals surface area contributed by atoms with Gasteiger partial charge in [-0.2, -0.15) is 0 Å². The molecule has 2 aromatic carbocycles. The number of rotatable bonds is 5. The lowest BCUT2D eigenvalue weighted by atomic mass is 9.95. The molecule has 1 atom stereocenters. The van der Waals surface area contributed by atoms with E-state index in [-0.39, 0.29) is 17.9 Å². The van der Waals surface area contributed by atoms with Crippen LogP contribution in [0.4, 0.5) is 5.95 Å². The molecule has 3 heterocycles. The predicted octanol–water partition coefficient (Wildman–Crippen LogP) is 5.12. The molecule has 2 aliphatic rings. The third-order valence-electron chi connectivity index (χ3n) is 6.50. The van der Waals surface area contributed by atoms with Gasteiger partial charge in [-0.1, -0.05) is 34.8 Å². The maximum absolute atomic E-state index is 12.7. The summed E-state index contributed by atoms with van der Waals surface area (Å²) in [4.78, 5) is 19.8. The summed E-state index contributed by atoms with van der Waals surface area (Å²) in [6, 6.07) is 9.31. The maximum atomic E-state index is 12.7. The number of ether oxygens (including phenoxy) is 2.